The average molecular weight is 420 g/mol. The van der Waals surface area contributed by atoms with E-state index >= 15 is 0 Å². The molecule has 3 aliphatic rings. The van der Waals surface area contributed by atoms with Gasteiger partial charge in [-0.2, -0.15) is 0 Å². The number of imide groups is 1. The predicted molar refractivity (Wildman–Crippen MR) is 109 cm³/mol. The molecule has 4 rings (SSSR count). The smallest absolute Gasteiger partial charge is 0.233 e. The summed E-state index contributed by atoms with van der Waals surface area (Å²) in [6.07, 6.45) is 3.80. The van der Waals surface area contributed by atoms with Crippen LogP contribution in [0.15, 0.2) is 17.5 Å². The molecule has 1 saturated carbocycles. The van der Waals surface area contributed by atoms with E-state index in [1.165, 1.54) is 9.78 Å². The number of fused-ring (bicyclic) bond motifs is 1. The Hall–Kier alpha value is -1.77. The van der Waals surface area contributed by atoms with Crippen molar-refractivity contribution in [3.05, 3.63) is 22.4 Å². The van der Waals surface area contributed by atoms with E-state index in [-0.39, 0.29) is 48.6 Å². The van der Waals surface area contributed by atoms with E-state index in [2.05, 4.69) is 21.7 Å². The summed E-state index contributed by atoms with van der Waals surface area (Å²) in [6, 6.07) is 4.25. The molecular formula is C21H29N3O4S. The van der Waals surface area contributed by atoms with Crippen molar-refractivity contribution in [2.24, 2.45) is 11.8 Å². The van der Waals surface area contributed by atoms with Crippen LogP contribution in [0.3, 0.4) is 0 Å². The molecule has 0 spiro atoms. The van der Waals surface area contributed by atoms with Gasteiger partial charge in [0.1, 0.15) is 0 Å². The molecule has 1 aliphatic carbocycles. The standard InChI is InChI=1S/C21H29N3O4S/c25-19(7-8-24-20(26)15-4-1-2-5-16(15)21(24)27)22-14-17(18-6-3-13-29-18)23-9-11-28-12-10-23/h3,6,13,15-17H,1-2,4-5,7-12,14H2,(H,22,25)/t15-,16-,17+/m0/s1. The van der Waals surface area contributed by atoms with Gasteiger partial charge in [0.2, 0.25) is 17.7 Å². The fourth-order valence-electron chi connectivity index (χ4n) is 4.74. The first-order chi connectivity index (χ1) is 14.1. The van der Waals surface area contributed by atoms with E-state index in [0.29, 0.717) is 19.8 Å². The number of morpholine rings is 1. The second-order valence-corrected chi connectivity index (χ2v) is 9.04. The Labute approximate surface area is 175 Å². The number of likely N-dealkylation sites (tertiary alicyclic amines) is 1. The summed E-state index contributed by atoms with van der Waals surface area (Å²) in [5.74, 6) is -0.558. The molecular weight excluding hydrogens is 390 g/mol. The molecule has 158 valence electrons. The van der Waals surface area contributed by atoms with E-state index in [1.807, 2.05) is 6.07 Å². The summed E-state index contributed by atoms with van der Waals surface area (Å²) >= 11 is 1.69. The Morgan fingerprint density at radius 2 is 1.86 bits per heavy atom. The average Bonchev–Trinajstić information content (AvgIpc) is 3.36. The normalized spacial score (nSPS) is 26.4. The third-order valence-corrected chi connectivity index (χ3v) is 7.32. The van der Waals surface area contributed by atoms with Crippen LogP contribution in [0.2, 0.25) is 0 Å². The maximum absolute atomic E-state index is 12.5. The van der Waals surface area contributed by atoms with Crippen molar-refractivity contribution >= 4 is 29.1 Å². The zero-order valence-electron chi connectivity index (χ0n) is 16.7. The van der Waals surface area contributed by atoms with Crippen LogP contribution in [0, 0.1) is 11.8 Å². The monoisotopic (exact) mass is 419 g/mol. The Balaban J connectivity index is 1.29. The molecule has 1 aromatic rings. The number of amides is 3. The molecule has 2 saturated heterocycles. The van der Waals surface area contributed by atoms with E-state index in [1.54, 1.807) is 11.3 Å². The lowest BCUT2D eigenvalue weighted by Gasteiger charge is -2.34. The molecule has 0 unspecified atom stereocenters. The van der Waals surface area contributed by atoms with E-state index in [0.717, 1.165) is 38.8 Å². The lowest BCUT2D eigenvalue weighted by Crippen LogP contribution is -2.44. The molecule has 3 heterocycles. The molecule has 0 radical (unpaired) electrons. The molecule has 8 heteroatoms. The van der Waals surface area contributed by atoms with Crippen LogP contribution in [0.25, 0.3) is 0 Å². The van der Waals surface area contributed by atoms with E-state index in [9.17, 15) is 14.4 Å². The zero-order valence-corrected chi connectivity index (χ0v) is 17.5. The first-order valence-corrected chi connectivity index (χ1v) is 11.5. The van der Waals surface area contributed by atoms with Gasteiger partial charge in [-0.3, -0.25) is 24.2 Å². The first-order valence-electron chi connectivity index (χ1n) is 10.6. The van der Waals surface area contributed by atoms with Crippen LogP contribution in [0.5, 0.6) is 0 Å². The third kappa shape index (κ3) is 4.54. The highest BCUT2D eigenvalue weighted by Gasteiger charge is 2.47. The predicted octanol–water partition coefficient (Wildman–Crippen LogP) is 1.80. The summed E-state index contributed by atoms with van der Waals surface area (Å²) in [7, 11) is 0. The van der Waals surface area contributed by atoms with Gasteiger partial charge in [-0.15, -0.1) is 11.3 Å². The molecule has 0 bridgehead atoms. The number of hydrogen-bond donors (Lipinski definition) is 1. The van der Waals surface area contributed by atoms with Gasteiger partial charge in [0, 0.05) is 37.5 Å². The van der Waals surface area contributed by atoms with Crippen molar-refractivity contribution in [1.29, 1.82) is 0 Å². The Morgan fingerprint density at radius 1 is 1.17 bits per heavy atom. The number of carbonyl (C=O) groups excluding carboxylic acids is 3. The van der Waals surface area contributed by atoms with Crippen molar-refractivity contribution < 1.29 is 19.1 Å². The summed E-state index contributed by atoms with van der Waals surface area (Å²) in [5, 5.41) is 5.07. The fraction of sp³-hybridized carbons (Fsp3) is 0.667. The molecule has 3 atom stereocenters. The summed E-state index contributed by atoms with van der Waals surface area (Å²) in [4.78, 5) is 42.5. The fourth-order valence-corrected chi connectivity index (χ4v) is 5.60. The highest BCUT2D eigenvalue weighted by atomic mass is 32.1. The van der Waals surface area contributed by atoms with Gasteiger partial charge < -0.3 is 10.1 Å². The van der Waals surface area contributed by atoms with Crippen LogP contribution in [-0.2, 0) is 19.1 Å². The minimum Gasteiger partial charge on any atom is -0.379 e. The van der Waals surface area contributed by atoms with Gasteiger partial charge in [-0.25, -0.2) is 0 Å². The lowest BCUT2D eigenvalue weighted by molar-refractivity contribution is -0.140. The zero-order chi connectivity index (χ0) is 20.2. The number of carbonyl (C=O) groups is 3. The summed E-state index contributed by atoms with van der Waals surface area (Å²) in [6.45, 7) is 3.81. The van der Waals surface area contributed by atoms with Crippen LogP contribution >= 0.6 is 11.3 Å². The van der Waals surface area contributed by atoms with Gasteiger partial charge in [0.15, 0.2) is 0 Å². The number of nitrogens with zero attached hydrogens (tertiary/aromatic N) is 2. The second kappa shape index (κ2) is 9.36. The molecule has 29 heavy (non-hydrogen) atoms. The van der Waals surface area contributed by atoms with Gasteiger partial charge in [-0.1, -0.05) is 18.9 Å². The van der Waals surface area contributed by atoms with Gasteiger partial charge in [-0.05, 0) is 24.3 Å². The van der Waals surface area contributed by atoms with Crippen molar-refractivity contribution in [1.82, 2.24) is 15.1 Å². The Morgan fingerprint density at radius 3 is 2.48 bits per heavy atom. The van der Waals surface area contributed by atoms with Crippen LogP contribution < -0.4 is 5.32 Å². The number of nitrogens with one attached hydrogen (secondary N) is 1. The largest absolute Gasteiger partial charge is 0.379 e. The van der Waals surface area contributed by atoms with Crippen LogP contribution in [0.4, 0.5) is 0 Å². The number of ether oxygens (including phenoxy) is 1. The van der Waals surface area contributed by atoms with Gasteiger partial charge >= 0.3 is 0 Å². The SMILES string of the molecule is O=C(CCN1C(=O)[C@H]2CCCC[C@@H]2C1=O)NC[C@H](c1cccs1)N1CCOCC1. The molecule has 2 aliphatic heterocycles. The van der Waals surface area contributed by atoms with E-state index < -0.39 is 0 Å². The minimum atomic E-state index is -0.149. The minimum absolute atomic E-state index is 0.0720. The summed E-state index contributed by atoms with van der Waals surface area (Å²) in [5.41, 5.74) is 0. The topological polar surface area (TPSA) is 79.0 Å². The van der Waals surface area contributed by atoms with Crippen molar-refractivity contribution in [2.45, 2.75) is 38.1 Å². The quantitative estimate of drug-likeness (QED) is 0.682. The molecule has 3 amide bonds. The van der Waals surface area contributed by atoms with Crippen molar-refractivity contribution in [3.8, 4) is 0 Å². The highest BCUT2D eigenvalue weighted by molar-refractivity contribution is 7.10. The number of rotatable bonds is 7. The molecule has 1 N–H and O–H groups in total. The van der Waals surface area contributed by atoms with Gasteiger partial charge in [0.25, 0.3) is 0 Å². The molecule has 3 fully saturated rings. The lowest BCUT2D eigenvalue weighted by atomic mass is 9.81. The second-order valence-electron chi connectivity index (χ2n) is 8.06. The molecule has 0 aromatic carbocycles. The number of hydrogen-bond acceptors (Lipinski definition) is 6. The van der Waals surface area contributed by atoms with Gasteiger partial charge in [0.05, 0.1) is 31.1 Å². The Bertz CT molecular complexity index is 708. The summed E-state index contributed by atoms with van der Waals surface area (Å²) < 4.78 is 5.45. The molecule has 1 aromatic heterocycles. The van der Waals surface area contributed by atoms with Crippen molar-refractivity contribution in [2.75, 3.05) is 39.4 Å². The molecule has 7 nitrogen and oxygen atoms in total. The van der Waals surface area contributed by atoms with Crippen LogP contribution in [0.1, 0.15) is 43.0 Å². The Kier molecular flexibility index (Phi) is 6.62. The maximum Gasteiger partial charge on any atom is 0.233 e. The van der Waals surface area contributed by atoms with Crippen molar-refractivity contribution in [3.63, 3.8) is 0 Å². The highest BCUT2D eigenvalue weighted by Crippen LogP contribution is 2.38. The number of thiophene rings is 1. The third-order valence-electron chi connectivity index (χ3n) is 6.35. The van der Waals surface area contributed by atoms with Crippen LogP contribution in [-0.4, -0.2) is 66.9 Å². The first kappa shape index (κ1) is 20.5. The van der Waals surface area contributed by atoms with E-state index in [4.69, 9.17) is 4.74 Å². The maximum atomic E-state index is 12.5.